The molecule has 5 nitrogen and oxygen atoms in total. The van der Waals surface area contributed by atoms with E-state index in [1.54, 1.807) is 0 Å². The van der Waals surface area contributed by atoms with Gasteiger partial charge in [0.05, 0.1) is 6.54 Å². The number of nitrogens with zero attached hydrogens (tertiary/aromatic N) is 1. The fraction of sp³-hybridized carbons (Fsp3) is 0.381. The summed E-state index contributed by atoms with van der Waals surface area (Å²) >= 11 is 0. The van der Waals surface area contributed by atoms with Crippen molar-refractivity contribution in [3.05, 3.63) is 53.6 Å². The van der Waals surface area contributed by atoms with Crippen LogP contribution >= 0.6 is 0 Å². The predicted molar refractivity (Wildman–Crippen MR) is 108 cm³/mol. The van der Waals surface area contributed by atoms with E-state index >= 15 is 0 Å². The molecule has 2 aromatic carbocycles. The van der Waals surface area contributed by atoms with Crippen molar-refractivity contribution in [1.82, 2.24) is 5.32 Å². The molecule has 0 aliphatic heterocycles. The summed E-state index contributed by atoms with van der Waals surface area (Å²) in [7, 11) is 0. The highest BCUT2D eigenvalue weighted by Gasteiger charge is 2.07. The Kier molecular flexibility index (Phi) is 7.33. The second-order valence-corrected chi connectivity index (χ2v) is 6.17. The summed E-state index contributed by atoms with van der Waals surface area (Å²) in [5.41, 5.74) is 4.12. The quantitative estimate of drug-likeness (QED) is 0.692. The number of hydrogen-bond acceptors (Lipinski definition) is 3. The van der Waals surface area contributed by atoms with Crippen molar-refractivity contribution in [3.8, 4) is 5.75 Å². The molecule has 0 unspecified atom stereocenters. The number of para-hydroxylation sites is 1. The highest BCUT2D eigenvalue weighted by atomic mass is 16.5. The van der Waals surface area contributed by atoms with Crippen molar-refractivity contribution in [3.63, 3.8) is 0 Å². The number of aryl methyl sites for hydroxylation is 2. The number of amides is 2. The molecule has 0 saturated heterocycles. The van der Waals surface area contributed by atoms with Crippen LogP contribution in [0.15, 0.2) is 42.5 Å². The molecule has 2 N–H and O–H groups in total. The average Bonchev–Trinajstić information content (AvgIpc) is 2.63. The molecule has 0 spiro atoms. The summed E-state index contributed by atoms with van der Waals surface area (Å²) in [6.45, 7) is 11.1. The van der Waals surface area contributed by atoms with E-state index in [1.807, 2.05) is 50.2 Å². The lowest BCUT2D eigenvalue weighted by Crippen LogP contribution is -2.32. The van der Waals surface area contributed by atoms with Gasteiger partial charge in [-0.1, -0.05) is 18.2 Å². The van der Waals surface area contributed by atoms with Gasteiger partial charge in [0.1, 0.15) is 12.4 Å². The van der Waals surface area contributed by atoms with E-state index in [9.17, 15) is 4.79 Å². The molecule has 2 aromatic rings. The number of hydrogen-bond donors (Lipinski definition) is 2. The highest BCUT2D eigenvalue weighted by molar-refractivity contribution is 5.90. The molecular formula is C21H29N3O2. The molecule has 0 fully saturated rings. The smallest absolute Gasteiger partial charge is 0.319 e. The first kappa shape index (κ1) is 19.6. The van der Waals surface area contributed by atoms with Crippen LogP contribution < -0.4 is 20.3 Å². The number of anilines is 2. The summed E-state index contributed by atoms with van der Waals surface area (Å²) in [6.07, 6.45) is 0. The van der Waals surface area contributed by atoms with E-state index in [0.717, 1.165) is 35.7 Å². The van der Waals surface area contributed by atoms with Crippen LogP contribution in [0.5, 0.6) is 5.75 Å². The van der Waals surface area contributed by atoms with Crippen molar-refractivity contribution in [2.75, 3.05) is 36.5 Å². The van der Waals surface area contributed by atoms with Gasteiger partial charge in [-0.05, 0) is 63.1 Å². The van der Waals surface area contributed by atoms with Gasteiger partial charge in [-0.15, -0.1) is 0 Å². The molecule has 0 aromatic heterocycles. The van der Waals surface area contributed by atoms with Crippen LogP contribution in [0.2, 0.25) is 0 Å². The SMILES string of the molecule is CCN(CC)c1ccc(NC(=O)NCCOc2ccccc2C)c(C)c1. The molecule has 0 aliphatic carbocycles. The Balaban J connectivity index is 1.81. The van der Waals surface area contributed by atoms with Gasteiger partial charge in [-0.2, -0.15) is 0 Å². The number of benzene rings is 2. The van der Waals surface area contributed by atoms with Crippen molar-refractivity contribution in [1.29, 1.82) is 0 Å². The molecule has 5 heteroatoms. The van der Waals surface area contributed by atoms with Crippen molar-refractivity contribution < 1.29 is 9.53 Å². The van der Waals surface area contributed by atoms with E-state index in [-0.39, 0.29) is 6.03 Å². The van der Waals surface area contributed by atoms with Gasteiger partial charge >= 0.3 is 6.03 Å². The maximum Gasteiger partial charge on any atom is 0.319 e. The molecule has 0 radical (unpaired) electrons. The van der Waals surface area contributed by atoms with E-state index < -0.39 is 0 Å². The Hall–Kier alpha value is -2.69. The topological polar surface area (TPSA) is 53.6 Å². The molecule has 2 rings (SSSR count). The third-order valence-electron chi connectivity index (χ3n) is 4.33. The van der Waals surface area contributed by atoms with E-state index in [0.29, 0.717) is 13.2 Å². The zero-order chi connectivity index (χ0) is 18.9. The fourth-order valence-corrected chi connectivity index (χ4v) is 2.78. The maximum absolute atomic E-state index is 12.1. The summed E-state index contributed by atoms with van der Waals surface area (Å²) in [4.78, 5) is 14.4. The third-order valence-corrected chi connectivity index (χ3v) is 4.33. The summed E-state index contributed by atoms with van der Waals surface area (Å²) in [5.74, 6) is 0.845. The van der Waals surface area contributed by atoms with Crippen LogP contribution in [-0.4, -0.2) is 32.3 Å². The lowest BCUT2D eigenvalue weighted by molar-refractivity contribution is 0.247. The van der Waals surface area contributed by atoms with Crippen LogP contribution in [-0.2, 0) is 0 Å². The second kappa shape index (κ2) is 9.70. The van der Waals surface area contributed by atoms with Crippen LogP contribution in [0.3, 0.4) is 0 Å². The van der Waals surface area contributed by atoms with Crippen molar-refractivity contribution in [2.24, 2.45) is 0 Å². The maximum atomic E-state index is 12.1. The fourth-order valence-electron chi connectivity index (χ4n) is 2.78. The predicted octanol–water partition coefficient (Wildman–Crippen LogP) is 4.35. The molecule has 0 bridgehead atoms. The number of carbonyl (C=O) groups is 1. The molecule has 0 aliphatic rings. The van der Waals surface area contributed by atoms with Crippen LogP contribution in [0.1, 0.15) is 25.0 Å². The number of rotatable bonds is 8. The lowest BCUT2D eigenvalue weighted by Gasteiger charge is -2.22. The van der Waals surface area contributed by atoms with Gasteiger partial charge in [0, 0.05) is 24.5 Å². The zero-order valence-electron chi connectivity index (χ0n) is 16.1. The van der Waals surface area contributed by atoms with Crippen LogP contribution in [0.4, 0.5) is 16.2 Å². The Labute approximate surface area is 156 Å². The summed E-state index contributed by atoms with van der Waals surface area (Å²) in [6, 6.07) is 13.7. The normalized spacial score (nSPS) is 10.3. The first-order valence-electron chi connectivity index (χ1n) is 9.14. The van der Waals surface area contributed by atoms with Gasteiger partial charge in [0.2, 0.25) is 0 Å². The number of carbonyl (C=O) groups excluding carboxylic acids is 1. The number of urea groups is 1. The van der Waals surface area contributed by atoms with Gasteiger partial charge in [-0.25, -0.2) is 4.79 Å². The second-order valence-electron chi connectivity index (χ2n) is 6.17. The van der Waals surface area contributed by atoms with E-state index in [1.165, 1.54) is 5.69 Å². The van der Waals surface area contributed by atoms with Gasteiger partial charge in [0.25, 0.3) is 0 Å². The summed E-state index contributed by atoms with van der Waals surface area (Å²) in [5, 5.41) is 5.72. The molecule has 0 atom stereocenters. The molecule has 26 heavy (non-hydrogen) atoms. The van der Waals surface area contributed by atoms with Gasteiger partial charge in [-0.3, -0.25) is 0 Å². The molecule has 2 amide bonds. The third kappa shape index (κ3) is 5.41. The summed E-state index contributed by atoms with van der Waals surface area (Å²) < 4.78 is 5.68. The van der Waals surface area contributed by atoms with E-state index in [4.69, 9.17) is 4.74 Å². The molecular weight excluding hydrogens is 326 g/mol. The Morgan fingerprint density at radius 1 is 1.04 bits per heavy atom. The monoisotopic (exact) mass is 355 g/mol. The molecule has 0 heterocycles. The molecule has 0 saturated carbocycles. The minimum Gasteiger partial charge on any atom is -0.491 e. The lowest BCUT2D eigenvalue weighted by atomic mass is 10.1. The standard InChI is InChI=1S/C21H29N3O2/c1-5-24(6-2)18-11-12-19(17(4)15-18)23-21(25)22-13-14-26-20-10-8-7-9-16(20)3/h7-12,15H,5-6,13-14H2,1-4H3,(H2,22,23,25). The number of nitrogens with one attached hydrogen (secondary N) is 2. The first-order valence-corrected chi connectivity index (χ1v) is 9.14. The first-order chi connectivity index (χ1) is 12.5. The minimum absolute atomic E-state index is 0.225. The van der Waals surface area contributed by atoms with Crippen LogP contribution in [0.25, 0.3) is 0 Å². The largest absolute Gasteiger partial charge is 0.491 e. The van der Waals surface area contributed by atoms with Gasteiger partial charge in [0.15, 0.2) is 0 Å². The van der Waals surface area contributed by atoms with E-state index in [2.05, 4.69) is 35.4 Å². The zero-order valence-corrected chi connectivity index (χ0v) is 16.1. The Morgan fingerprint density at radius 3 is 2.42 bits per heavy atom. The molecule has 140 valence electrons. The van der Waals surface area contributed by atoms with Crippen molar-refractivity contribution >= 4 is 17.4 Å². The average molecular weight is 355 g/mol. The Morgan fingerprint density at radius 2 is 1.77 bits per heavy atom. The van der Waals surface area contributed by atoms with Crippen LogP contribution in [0, 0.1) is 13.8 Å². The Bertz CT molecular complexity index is 727. The van der Waals surface area contributed by atoms with Gasteiger partial charge < -0.3 is 20.3 Å². The van der Waals surface area contributed by atoms with Crippen molar-refractivity contribution in [2.45, 2.75) is 27.7 Å². The minimum atomic E-state index is -0.225. The highest BCUT2D eigenvalue weighted by Crippen LogP contribution is 2.22. The number of ether oxygens (including phenoxy) is 1.